The molecule has 0 N–H and O–H groups in total. The Morgan fingerprint density at radius 3 is 2.16 bits per heavy atom. The molecule has 2 nitrogen and oxygen atoms in total. The molecule has 0 bridgehead atoms. The minimum absolute atomic E-state index is 0.460. The van der Waals surface area contributed by atoms with Crippen molar-refractivity contribution in [3.63, 3.8) is 0 Å². The van der Waals surface area contributed by atoms with Crippen LogP contribution in [0.2, 0.25) is 10.0 Å². The monoisotopic (exact) mass is 383 g/mol. The van der Waals surface area contributed by atoms with Crippen molar-refractivity contribution in [1.82, 2.24) is 0 Å². The summed E-state index contributed by atoms with van der Waals surface area (Å²) in [5.74, 6) is 0. The Bertz CT molecular complexity index is 546. The van der Waals surface area contributed by atoms with Crippen molar-refractivity contribution in [2.75, 3.05) is 6.61 Å². The standard InChI is InChI=1S/C21H31Cl2NO/c1-21(2,3)13-9-7-5-4-6-8-10-14-25-20(16-24)18-12-11-17(22)15-19(18)23/h11-12,15,20H,4-10,13-14H2,1-3H3. The second-order valence-electron chi connectivity index (χ2n) is 7.83. The summed E-state index contributed by atoms with van der Waals surface area (Å²) in [7, 11) is 0. The third-order valence-corrected chi connectivity index (χ3v) is 4.78. The van der Waals surface area contributed by atoms with Crippen molar-refractivity contribution in [1.29, 1.82) is 5.26 Å². The fourth-order valence-electron chi connectivity index (χ4n) is 2.75. The second kappa shape index (κ2) is 11.8. The molecule has 1 aromatic carbocycles. The average molecular weight is 384 g/mol. The maximum atomic E-state index is 9.29. The van der Waals surface area contributed by atoms with Crippen LogP contribution in [0.15, 0.2) is 18.2 Å². The number of nitriles is 1. The molecule has 0 fully saturated rings. The number of unbranched alkanes of at least 4 members (excludes halogenated alkanes) is 6. The number of ether oxygens (including phenoxy) is 1. The van der Waals surface area contributed by atoms with Gasteiger partial charge in [0, 0.05) is 22.2 Å². The molecule has 140 valence electrons. The van der Waals surface area contributed by atoms with E-state index >= 15 is 0 Å². The zero-order valence-electron chi connectivity index (χ0n) is 15.8. The van der Waals surface area contributed by atoms with E-state index in [0.29, 0.717) is 27.6 Å². The Morgan fingerprint density at radius 2 is 1.60 bits per heavy atom. The topological polar surface area (TPSA) is 33.0 Å². The minimum Gasteiger partial charge on any atom is -0.359 e. The minimum atomic E-state index is -0.623. The lowest BCUT2D eigenvalue weighted by Gasteiger charge is -2.17. The van der Waals surface area contributed by atoms with Crippen molar-refractivity contribution in [2.24, 2.45) is 5.41 Å². The predicted molar refractivity (Wildman–Crippen MR) is 107 cm³/mol. The fourth-order valence-corrected chi connectivity index (χ4v) is 3.26. The van der Waals surface area contributed by atoms with Crippen LogP contribution in [0.3, 0.4) is 0 Å². The fraction of sp³-hybridized carbons (Fsp3) is 0.667. The average Bonchev–Trinajstić information content (AvgIpc) is 2.53. The van der Waals surface area contributed by atoms with Gasteiger partial charge in [0.05, 0.1) is 6.07 Å². The van der Waals surface area contributed by atoms with E-state index in [0.717, 1.165) is 12.8 Å². The number of benzene rings is 1. The molecule has 0 heterocycles. The molecule has 1 unspecified atom stereocenters. The highest BCUT2D eigenvalue weighted by molar-refractivity contribution is 6.35. The molecule has 0 amide bonds. The van der Waals surface area contributed by atoms with Crippen LogP contribution in [0, 0.1) is 16.7 Å². The van der Waals surface area contributed by atoms with Crippen LogP contribution in [0.4, 0.5) is 0 Å². The van der Waals surface area contributed by atoms with E-state index in [4.69, 9.17) is 27.9 Å². The summed E-state index contributed by atoms with van der Waals surface area (Å²) in [4.78, 5) is 0. The number of hydrogen-bond donors (Lipinski definition) is 0. The number of rotatable bonds is 11. The molecule has 0 saturated heterocycles. The van der Waals surface area contributed by atoms with Gasteiger partial charge >= 0.3 is 0 Å². The van der Waals surface area contributed by atoms with Gasteiger partial charge in [-0.3, -0.25) is 0 Å². The molecule has 4 heteroatoms. The van der Waals surface area contributed by atoms with Gasteiger partial charge in [0.25, 0.3) is 0 Å². The molecule has 25 heavy (non-hydrogen) atoms. The lowest BCUT2D eigenvalue weighted by Crippen LogP contribution is -2.04. The summed E-state index contributed by atoms with van der Waals surface area (Å²) in [6.45, 7) is 7.50. The lowest BCUT2D eigenvalue weighted by molar-refractivity contribution is 0.0868. The van der Waals surface area contributed by atoms with Gasteiger partial charge in [0.1, 0.15) is 0 Å². The van der Waals surface area contributed by atoms with E-state index in [2.05, 4.69) is 26.8 Å². The van der Waals surface area contributed by atoms with E-state index in [-0.39, 0.29) is 0 Å². The molecule has 0 aliphatic rings. The van der Waals surface area contributed by atoms with Gasteiger partial charge in [0.2, 0.25) is 0 Å². The third kappa shape index (κ3) is 10.1. The maximum Gasteiger partial charge on any atom is 0.170 e. The van der Waals surface area contributed by atoms with E-state index in [9.17, 15) is 5.26 Å². The Balaban J connectivity index is 2.11. The Hall–Kier alpha value is -0.750. The highest BCUT2D eigenvalue weighted by atomic mass is 35.5. The van der Waals surface area contributed by atoms with Crippen molar-refractivity contribution < 1.29 is 4.74 Å². The third-order valence-electron chi connectivity index (χ3n) is 4.22. The highest BCUT2D eigenvalue weighted by Crippen LogP contribution is 2.28. The van der Waals surface area contributed by atoms with Crippen LogP contribution < -0.4 is 0 Å². The first-order chi connectivity index (χ1) is 11.8. The normalized spacial score (nSPS) is 12.8. The molecule has 0 aliphatic heterocycles. The molecule has 1 atom stereocenters. The first-order valence-electron chi connectivity index (χ1n) is 9.29. The van der Waals surface area contributed by atoms with Crippen LogP contribution in [-0.2, 0) is 4.74 Å². The zero-order valence-corrected chi connectivity index (χ0v) is 17.3. The Labute approximate surface area is 163 Å². The molecule has 0 saturated carbocycles. The molecule has 0 radical (unpaired) electrons. The van der Waals surface area contributed by atoms with Crippen molar-refractivity contribution in [3.05, 3.63) is 33.8 Å². The van der Waals surface area contributed by atoms with E-state index in [1.165, 1.54) is 38.5 Å². The Kier molecular flexibility index (Phi) is 10.5. The lowest BCUT2D eigenvalue weighted by atomic mass is 9.89. The van der Waals surface area contributed by atoms with Crippen LogP contribution >= 0.6 is 23.2 Å². The van der Waals surface area contributed by atoms with E-state index < -0.39 is 6.10 Å². The van der Waals surface area contributed by atoms with E-state index in [1.807, 2.05) is 0 Å². The van der Waals surface area contributed by atoms with Gasteiger partial charge in [-0.25, -0.2) is 0 Å². The Morgan fingerprint density at radius 1 is 1.00 bits per heavy atom. The summed E-state index contributed by atoms with van der Waals surface area (Å²) < 4.78 is 5.69. The van der Waals surface area contributed by atoms with Gasteiger partial charge in [0.15, 0.2) is 6.10 Å². The molecule has 0 aromatic heterocycles. The smallest absolute Gasteiger partial charge is 0.170 e. The molecular weight excluding hydrogens is 353 g/mol. The molecule has 0 aliphatic carbocycles. The highest BCUT2D eigenvalue weighted by Gasteiger charge is 2.14. The summed E-state index contributed by atoms with van der Waals surface area (Å²) in [6, 6.07) is 7.30. The van der Waals surface area contributed by atoms with Gasteiger partial charge in [-0.15, -0.1) is 0 Å². The zero-order chi connectivity index (χ0) is 18.7. The van der Waals surface area contributed by atoms with E-state index in [1.54, 1.807) is 18.2 Å². The molecule has 0 spiro atoms. The first-order valence-corrected chi connectivity index (χ1v) is 10.1. The largest absolute Gasteiger partial charge is 0.359 e. The molecule has 1 rings (SSSR count). The van der Waals surface area contributed by atoms with Gasteiger partial charge in [-0.2, -0.15) is 5.26 Å². The van der Waals surface area contributed by atoms with Crippen LogP contribution in [0.1, 0.15) is 83.8 Å². The van der Waals surface area contributed by atoms with Crippen LogP contribution in [0.25, 0.3) is 0 Å². The van der Waals surface area contributed by atoms with Crippen molar-refractivity contribution in [3.8, 4) is 6.07 Å². The van der Waals surface area contributed by atoms with Gasteiger partial charge < -0.3 is 4.74 Å². The van der Waals surface area contributed by atoms with Gasteiger partial charge in [-0.05, 0) is 30.4 Å². The predicted octanol–water partition coefficient (Wildman–Crippen LogP) is 7.74. The number of nitrogens with zero attached hydrogens (tertiary/aromatic N) is 1. The first kappa shape index (κ1) is 22.3. The van der Waals surface area contributed by atoms with Gasteiger partial charge in [-0.1, -0.05) is 88.6 Å². The van der Waals surface area contributed by atoms with Crippen LogP contribution in [0.5, 0.6) is 0 Å². The molecular formula is C21H31Cl2NO. The summed E-state index contributed by atoms with van der Waals surface area (Å²) in [6.07, 6.45) is 9.31. The van der Waals surface area contributed by atoms with Crippen molar-refractivity contribution >= 4 is 23.2 Å². The SMILES string of the molecule is CC(C)(C)CCCCCCCCCOC(C#N)c1ccc(Cl)cc1Cl. The quantitative estimate of drug-likeness (QED) is 0.366. The second-order valence-corrected chi connectivity index (χ2v) is 8.67. The number of halogens is 2. The molecule has 1 aromatic rings. The summed E-state index contributed by atoms with van der Waals surface area (Å²) in [5.41, 5.74) is 1.15. The number of hydrogen-bond acceptors (Lipinski definition) is 2. The maximum absolute atomic E-state index is 9.29. The summed E-state index contributed by atoms with van der Waals surface area (Å²) in [5, 5.41) is 10.3. The summed E-state index contributed by atoms with van der Waals surface area (Å²) >= 11 is 12.0. The van der Waals surface area contributed by atoms with Crippen molar-refractivity contribution in [2.45, 2.75) is 78.2 Å². The van der Waals surface area contributed by atoms with Crippen LogP contribution in [-0.4, -0.2) is 6.61 Å².